The third-order valence-corrected chi connectivity index (χ3v) is 7.32. The number of amides is 1. The molecule has 5 rings (SSSR count). The minimum Gasteiger partial charge on any atom is -0.497 e. The highest BCUT2D eigenvalue weighted by atomic mass is 16.5. The number of aromatic amines is 1. The molecule has 3 N–H and O–H groups in total. The van der Waals surface area contributed by atoms with Crippen LogP contribution in [-0.2, 0) is 31.2 Å². The molecule has 8 nitrogen and oxygen atoms in total. The van der Waals surface area contributed by atoms with E-state index >= 15 is 0 Å². The second-order valence-electron chi connectivity index (χ2n) is 9.68. The Morgan fingerprint density at radius 2 is 2.16 bits per heavy atom. The zero-order valence-corrected chi connectivity index (χ0v) is 21.5. The number of hydrogen-bond donors (Lipinski definition) is 3. The molecule has 2 aromatic heterocycles. The van der Waals surface area contributed by atoms with Gasteiger partial charge in [0.05, 0.1) is 12.8 Å². The second kappa shape index (κ2) is 10.6. The van der Waals surface area contributed by atoms with Crippen molar-refractivity contribution in [1.29, 1.82) is 0 Å². The van der Waals surface area contributed by atoms with Crippen molar-refractivity contribution in [2.75, 3.05) is 13.7 Å². The lowest BCUT2D eigenvalue weighted by Crippen LogP contribution is -2.29. The Morgan fingerprint density at radius 3 is 2.92 bits per heavy atom. The SMILES string of the molecule is COc1ccc2c(CCN(Cc3cn(C)nc3C)C3CCc4cc(C=CC(=O)NO)ccc43)c[nH]c2c1. The van der Waals surface area contributed by atoms with E-state index in [-0.39, 0.29) is 0 Å². The maximum Gasteiger partial charge on any atom is 0.267 e. The lowest BCUT2D eigenvalue weighted by molar-refractivity contribution is -0.124. The summed E-state index contributed by atoms with van der Waals surface area (Å²) in [5.41, 5.74) is 9.93. The molecule has 1 aliphatic rings. The van der Waals surface area contributed by atoms with Crippen molar-refractivity contribution in [2.45, 2.75) is 38.8 Å². The molecule has 0 radical (unpaired) electrons. The van der Waals surface area contributed by atoms with E-state index in [1.165, 1.54) is 33.7 Å². The van der Waals surface area contributed by atoms with Crippen LogP contribution in [0.1, 0.15) is 46.0 Å². The molecule has 1 amide bonds. The van der Waals surface area contributed by atoms with Crippen LogP contribution >= 0.6 is 0 Å². The van der Waals surface area contributed by atoms with Crippen LogP contribution in [0.3, 0.4) is 0 Å². The van der Waals surface area contributed by atoms with Gasteiger partial charge >= 0.3 is 0 Å². The van der Waals surface area contributed by atoms with Gasteiger partial charge in [0, 0.05) is 67.2 Å². The lowest BCUT2D eigenvalue weighted by Gasteiger charge is -2.29. The number of H-pyrrole nitrogens is 1. The van der Waals surface area contributed by atoms with E-state index in [0.29, 0.717) is 6.04 Å². The Kier molecular flexibility index (Phi) is 7.12. The first-order valence-electron chi connectivity index (χ1n) is 12.6. The Labute approximate surface area is 216 Å². The van der Waals surface area contributed by atoms with Gasteiger partial charge < -0.3 is 9.72 Å². The lowest BCUT2D eigenvalue weighted by atomic mass is 10.0. The van der Waals surface area contributed by atoms with E-state index in [1.807, 2.05) is 29.9 Å². The fraction of sp³-hybridized carbons (Fsp3) is 0.310. The number of hydrogen-bond acceptors (Lipinski definition) is 5. The topological polar surface area (TPSA) is 95.4 Å². The van der Waals surface area contributed by atoms with E-state index in [9.17, 15) is 4.79 Å². The Hall–Kier alpha value is -3.88. The number of nitrogens with zero attached hydrogens (tertiary/aromatic N) is 3. The first kappa shape index (κ1) is 24.8. The zero-order chi connectivity index (χ0) is 25.9. The Morgan fingerprint density at radius 1 is 1.30 bits per heavy atom. The van der Waals surface area contributed by atoms with E-state index in [2.05, 4.69) is 52.5 Å². The Balaban J connectivity index is 1.40. The van der Waals surface area contributed by atoms with Gasteiger partial charge in [-0.25, -0.2) is 5.48 Å². The summed E-state index contributed by atoms with van der Waals surface area (Å²) >= 11 is 0. The molecule has 0 saturated carbocycles. The number of methoxy groups -OCH3 is 1. The number of fused-ring (bicyclic) bond motifs is 2. The average molecular weight is 500 g/mol. The van der Waals surface area contributed by atoms with E-state index in [0.717, 1.165) is 54.9 Å². The van der Waals surface area contributed by atoms with Gasteiger partial charge in [0.15, 0.2) is 0 Å². The summed E-state index contributed by atoms with van der Waals surface area (Å²) in [6.07, 6.45) is 10.3. The molecule has 0 spiro atoms. The highest BCUT2D eigenvalue weighted by molar-refractivity contribution is 5.90. The monoisotopic (exact) mass is 499 g/mol. The van der Waals surface area contributed by atoms with Crippen molar-refractivity contribution in [3.8, 4) is 5.75 Å². The van der Waals surface area contributed by atoms with Gasteiger partial charge in [-0.15, -0.1) is 0 Å². The van der Waals surface area contributed by atoms with Crippen LogP contribution < -0.4 is 10.2 Å². The van der Waals surface area contributed by atoms with Crippen LogP contribution in [0.4, 0.5) is 0 Å². The fourth-order valence-corrected chi connectivity index (χ4v) is 5.44. The van der Waals surface area contributed by atoms with Gasteiger partial charge in [-0.1, -0.05) is 18.2 Å². The molecule has 192 valence electrons. The molecule has 0 aliphatic heterocycles. The molecule has 1 aliphatic carbocycles. The van der Waals surface area contributed by atoms with Gasteiger partial charge in [-0.05, 0) is 66.6 Å². The Bertz CT molecular complexity index is 1450. The molecule has 0 saturated heterocycles. The van der Waals surface area contributed by atoms with Crippen LogP contribution in [0.2, 0.25) is 0 Å². The smallest absolute Gasteiger partial charge is 0.267 e. The molecule has 2 aromatic carbocycles. The summed E-state index contributed by atoms with van der Waals surface area (Å²) in [6.45, 7) is 3.82. The molecule has 2 heterocycles. The number of rotatable bonds is 9. The molecule has 1 atom stereocenters. The summed E-state index contributed by atoms with van der Waals surface area (Å²) in [7, 11) is 3.66. The third-order valence-electron chi connectivity index (χ3n) is 7.32. The number of aromatic nitrogens is 3. The summed E-state index contributed by atoms with van der Waals surface area (Å²) < 4.78 is 7.27. The van der Waals surface area contributed by atoms with Crippen LogP contribution in [0.25, 0.3) is 17.0 Å². The summed E-state index contributed by atoms with van der Waals surface area (Å²) in [6, 6.07) is 12.9. The van der Waals surface area contributed by atoms with Crippen LogP contribution in [-0.4, -0.2) is 44.4 Å². The van der Waals surface area contributed by atoms with Crippen molar-refractivity contribution in [1.82, 2.24) is 25.1 Å². The largest absolute Gasteiger partial charge is 0.497 e. The predicted octanol–water partition coefficient (Wildman–Crippen LogP) is 4.47. The maximum atomic E-state index is 11.4. The number of aryl methyl sites for hydroxylation is 3. The predicted molar refractivity (Wildman–Crippen MR) is 143 cm³/mol. The van der Waals surface area contributed by atoms with Gasteiger partial charge in [-0.3, -0.25) is 19.6 Å². The quantitative estimate of drug-likeness (QED) is 0.179. The van der Waals surface area contributed by atoms with E-state index < -0.39 is 5.91 Å². The van der Waals surface area contributed by atoms with Crippen LogP contribution in [0.5, 0.6) is 5.75 Å². The minimum atomic E-state index is -0.535. The van der Waals surface area contributed by atoms with Gasteiger partial charge in [0.1, 0.15) is 5.75 Å². The van der Waals surface area contributed by atoms with Crippen LogP contribution in [0.15, 0.2) is 54.9 Å². The normalized spacial score (nSPS) is 15.1. The second-order valence-corrected chi connectivity index (χ2v) is 9.68. The van der Waals surface area contributed by atoms with Gasteiger partial charge in [-0.2, -0.15) is 5.10 Å². The summed E-state index contributed by atoms with van der Waals surface area (Å²) in [4.78, 5) is 17.4. The number of carbonyl (C=O) groups is 1. The number of ether oxygens (including phenoxy) is 1. The molecular weight excluding hydrogens is 466 g/mol. The molecule has 37 heavy (non-hydrogen) atoms. The molecule has 8 heteroatoms. The number of nitrogens with one attached hydrogen (secondary N) is 2. The third kappa shape index (κ3) is 5.30. The highest BCUT2D eigenvalue weighted by Gasteiger charge is 2.29. The van der Waals surface area contributed by atoms with Gasteiger partial charge in [0.2, 0.25) is 0 Å². The zero-order valence-electron chi connectivity index (χ0n) is 21.5. The minimum absolute atomic E-state index is 0.304. The van der Waals surface area contributed by atoms with Crippen molar-refractivity contribution in [3.05, 3.63) is 88.4 Å². The van der Waals surface area contributed by atoms with Crippen LogP contribution in [0, 0.1) is 6.92 Å². The van der Waals surface area contributed by atoms with Crippen molar-refractivity contribution in [3.63, 3.8) is 0 Å². The number of hydroxylamine groups is 1. The highest BCUT2D eigenvalue weighted by Crippen LogP contribution is 2.38. The molecule has 1 unspecified atom stereocenters. The summed E-state index contributed by atoms with van der Waals surface area (Å²) in [5.74, 6) is 0.315. The van der Waals surface area contributed by atoms with E-state index in [4.69, 9.17) is 9.94 Å². The fourth-order valence-electron chi connectivity index (χ4n) is 5.44. The summed E-state index contributed by atoms with van der Waals surface area (Å²) in [5, 5.41) is 14.5. The first-order valence-corrected chi connectivity index (χ1v) is 12.6. The maximum absolute atomic E-state index is 11.4. The molecule has 0 bridgehead atoms. The van der Waals surface area contributed by atoms with Crippen molar-refractivity contribution < 1.29 is 14.7 Å². The van der Waals surface area contributed by atoms with Gasteiger partial charge in [0.25, 0.3) is 5.91 Å². The van der Waals surface area contributed by atoms with Crippen molar-refractivity contribution in [2.24, 2.45) is 7.05 Å². The first-order chi connectivity index (χ1) is 17.9. The molecule has 0 fully saturated rings. The standard InChI is InChI=1S/C29H33N5O3/c1-19-23(17-33(2)31-19)18-34(13-12-22-16-30-27-15-24(37-3)7-9-25(22)27)28-10-6-21-14-20(4-8-26(21)28)5-11-29(35)32-36/h4-5,7-9,11,14-17,28,30,36H,6,10,12-13,18H2,1-3H3,(H,32,35). The average Bonchev–Trinajstić information content (AvgIpc) is 3.60. The number of carbonyl (C=O) groups excluding carboxylic acids is 1. The van der Waals surface area contributed by atoms with E-state index in [1.54, 1.807) is 18.7 Å². The molecular formula is C29H33N5O3. The number of benzene rings is 2. The molecule has 4 aromatic rings. The van der Waals surface area contributed by atoms with Crippen molar-refractivity contribution >= 4 is 22.9 Å².